The van der Waals surface area contributed by atoms with Gasteiger partial charge in [0.1, 0.15) is 0 Å². The minimum Gasteiger partial charge on any atom is -0.352 e. The molecule has 0 aliphatic heterocycles. The van der Waals surface area contributed by atoms with Gasteiger partial charge in [-0.1, -0.05) is 29.4 Å². The number of hydrogen-bond donors (Lipinski definition) is 1. The molecule has 3 rings (SSSR count). The van der Waals surface area contributed by atoms with Gasteiger partial charge in [0.05, 0.1) is 0 Å². The van der Waals surface area contributed by atoms with E-state index in [1.807, 2.05) is 24.3 Å². The van der Waals surface area contributed by atoms with Gasteiger partial charge < -0.3 is 9.84 Å². The average Bonchev–Trinajstić information content (AvgIpc) is 3.21. The summed E-state index contributed by atoms with van der Waals surface area (Å²) in [6.07, 6.45) is 4.06. The zero-order valence-electron chi connectivity index (χ0n) is 17.1. The Morgan fingerprint density at radius 3 is 2.69 bits per heavy atom. The van der Waals surface area contributed by atoms with Gasteiger partial charge in [-0.3, -0.25) is 14.7 Å². The highest BCUT2D eigenvalue weighted by Crippen LogP contribution is 2.15. The van der Waals surface area contributed by atoms with Gasteiger partial charge in [-0.05, 0) is 44.2 Å². The van der Waals surface area contributed by atoms with E-state index in [-0.39, 0.29) is 5.91 Å². The first kappa shape index (κ1) is 20.7. The Balaban J connectivity index is 1.50. The van der Waals surface area contributed by atoms with Crippen molar-refractivity contribution in [3.8, 4) is 11.4 Å². The highest BCUT2D eigenvalue weighted by molar-refractivity contribution is 5.76. The molecule has 7 heteroatoms. The molecule has 1 amide bonds. The molecular formula is C22H27N5O2. The summed E-state index contributed by atoms with van der Waals surface area (Å²) in [5, 5.41) is 6.94. The SMILES string of the molecule is CC(C)N(C)Cc1ccccc1CNC(=O)CCc1nc(-c2cccnc2)no1. The van der Waals surface area contributed by atoms with Crippen LogP contribution in [-0.4, -0.2) is 39.0 Å². The molecule has 0 aliphatic carbocycles. The first-order valence-corrected chi connectivity index (χ1v) is 9.79. The van der Waals surface area contributed by atoms with Crippen LogP contribution in [0.25, 0.3) is 11.4 Å². The summed E-state index contributed by atoms with van der Waals surface area (Å²) in [6.45, 7) is 5.69. The highest BCUT2D eigenvalue weighted by Gasteiger charge is 2.12. The fourth-order valence-electron chi connectivity index (χ4n) is 2.81. The van der Waals surface area contributed by atoms with Crippen LogP contribution in [0.1, 0.15) is 37.3 Å². The van der Waals surface area contributed by atoms with Crippen molar-refractivity contribution in [1.29, 1.82) is 0 Å². The van der Waals surface area contributed by atoms with Crippen molar-refractivity contribution < 1.29 is 9.32 Å². The molecule has 152 valence electrons. The molecule has 0 radical (unpaired) electrons. The molecule has 0 saturated heterocycles. The van der Waals surface area contributed by atoms with Crippen molar-refractivity contribution in [1.82, 2.24) is 25.3 Å². The maximum Gasteiger partial charge on any atom is 0.227 e. The van der Waals surface area contributed by atoms with E-state index in [1.54, 1.807) is 12.4 Å². The lowest BCUT2D eigenvalue weighted by Crippen LogP contribution is -2.27. The van der Waals surface area contributed by atoms with Crippen LogP contribution in [0.15, 0.2) is 53.3 Å². The van der Waals surface area contributed by atoms with Crippen LogP contribution in [0.4, 0.5) is 0 Å². The number of aryl methyl sites for hydroxylation is 1. The first-order valence-electron chi connectivity index (χ1n) is 9.79. The molecule has 0 saturated carbocycles. The minimum absolute atomic E-state index is 0.0434. The van der Waals surface area contributed by atoms with Gasteiger partial charge in [0.15, 0.2) is 0 Å². The molecule has 1 N–H and O–H groups in total. The van der Waals surface area contributed by atoms with Gasteiger partial charge in [-0.2, -0.15) is 4.98 Å². The number of carbonyl (C=O) groups is 1. The summed E-state index contributed by atoms with van der Waals surface area (Å²) in [6, 6.07) is 12.3. The number of pyridine rings is 1. The third kappa shape index (κ3) is 5.96. The van der Waals surface area contributed by atoms with Gasteiger partial charge in [-0.25, -0.2) is 0 Å². The van der Waals surface area contributed by atoms with Gasteiger partial charge in [0.2, 0.25) is 17.6 Å². The van der Waals surface area contributed by atoms with E-state index in [0.717, 1.165) is 17.7 Å². The Bertz CT molecular complexity index is 924. The number of rotatable bonds is 9. The van der Waals surface area contributed by atoms with Crippen LogP contribution < -0.4 is 5.32 Å². The van der Waals surface area contributed by atoms with Gasteiger partial charge in [0, 0.05) is 49.9 Å². The quantitative estimate of drug-likeness (QED) is 0.601. The predicted molar refractivity (Wildman–Crippen MR) is 111 cm³/mol. The van der Waals surface area contributed by atoms with E-state index in [2.05, 4.69) is 58.4 Å². The van der Waals surface area contributed by atoms with Crippen LogP contribution >= 0.6 is 0 Å². The van der Waals surface area contributed by atoms with Crippen molar-refractivity contribution in [2.24, 2.45) is 0 Å². The van der Waals surface area contributed by atoms with Crippen LogP contribution in [0.2, 0.25) is 0 Å². The Hall–Kier alpha value is -3.06. The molecule has 29 heavy (non-hydrogen) atoms. The van der Waals surface area contributed by atoms with Crippen molar-refractivity contribution >= 4 is 5.91 Å². The lowest BCUT2D eigenvalue weighted by Gasteiger charge is -2.22. The summed E-state index contributed by atoms with van der Waals surface area (Å²) in [4.78, 5) is 22.9. The topological polar surface area (TPSA) is 84.2 Å². The lowest BCUT2D eigenvalue weighted by molar-refractivity contribution is -0.121. The summed E-state index contributed by atoms with van der Waals surface area (Å²) in [5.41, 5.74) is 3.14. The van der Waals surface area contributed by atoms with Gasteiger partial charge in [0.25, 0.3) is 0 Å². The number of aromatic nitrogens is 3. The fraction of sp³-hybridized carbons (Fsp3) is 0.364. The lowest BCUT2D eigenvalue weighted by atomic mass is 10.1. The third-order valence-electron chi connectivity index (χ3n) is 4.85. The molecule has 2 heterocycles. The van der Waals surface area contributed by atoms with Crippen LogP contribution in [-0.2, 0) is 24.3 Å². The van der Waals surface area contributed by atoms with Crippen LogP contribution in [0.5, 0.6) is 0 Å². The van der Waals surface area contributed by atoms with Crippen molar-refractivity contribution in [3.05, 3.63) is 65.8 Å². The molecule has 3 aromatic rings. The smallest absolute Gasteiger partial charge is 0.227 e. The summed E-state index contributed by atoms with van der Waals surface area (Å²) < 4.78 is 5.24. The number of nitrogens with zero attached hydrogens (tertiary/aromatic N) is 4. The van der Waals surface area contributed by atoms with Crippen LogP contribution in [0, 0.1) is 0 Å². The second-order valence-corrected chi connectivity index (χ2v) is 7.31. The number of amides is 1. The molecule has 2 aromatic heterocycles. The zero-order chi connectivity index (χ0) is 20.6. The Morgan fingerprint density at radius 1 is 1.17 bits per heavy atom. The third-order valence-corrected chi connectivity index (χ3v) is 4.85. The van der Waals surface area contributed by atoms with Gasteiger partial charge >= 0.3 is 0 Å². The number of nitrogens with one attached hydrogen (secondary N) is 1. The van der Waals surface area contributed by atoms with E-state index >= 15 is 0 Å². The van der Waals surface area contributed by atoms with Crippen molar-refractivity contribution in [3.63, 3.8) is 0 Å². The predicted octanol–water partition coefficient (Wildman–Crippen LogP) is 3.22. The molecule has 0 spiro atoms. The summed E-state index contributed by atoms with van der Waals surface area (Å²) in [5.74, 6) is 0.882. The van der Waals surface area contributed by atoms with E-state index in [0.29, 0.717) is 37.1 Å². The Labute approximate surface area is 171 Å². The van der Waals surface area contributed by atoms with E-state index in [4.69, 9.17) is 4.52 Å². The van der Waals surface area contributed by atoms with E-state index < -0.39 is 0 Å². The van der Waals surface area contributed by atoms with Gasteiger partial charge in [-0.15, -0.1) is 0 Å². The molecule has 7 nitrogen and oxygen atoms in total. The molecule has 0 atom stereocenters. The summed E-state index contributed by atoms with van der Waals surface area (Å²) in [7, 11) is 2.10. The number of hydrogen-bond acceptors (Lipinski definition) is 6. The first-order chi connectivity index (χ1) is 14.0. The van der Waals surface area contributed by atoms with Crippen molar-refractivity contribution in [2.75, 3.05) is 7.05 Å². The minimum atomic E-state index is -0.0434. The monoisotopic (exact) mass is 393 g/mol. The van der Waals surface area contributed by atoms with E-state index in [9.17, 15) is 4.79 Å². The normalized spacial score (nSPS) is 11.2. The molecular weight excluding hydrogens is 366 g/mol. The molecule has 1 aromatic carbocycles. The largest absolute Gasteiger partial charge is 0.352 e. The summed E-state index contributed by atoms with van der Waals surface area (Å²) >= 11 is 0. The molecule has 0 fully saturated rings. The number of carbonyl (C=O) groups excluding carboxylic acids is 1. The van der Waals surface area contributed by atoms with Crippen LogP contribution in [0.3, 0.4) is 0 Å². The maximum absolute atomic E-state index is 12.3. The highest BCUT2D eigenvalue weighted by atomic mass is 16.5. The van der Waals surface area contributed by atoms with Crippen molar-refractivity contribution in [2.45, 2.75) is 45.8 Å². The Morgan fingerprint density at radius 2 is 1.97 bits per heavy atom. The molecule has 0 bridgehead atoms. The zero-order valence-corrected chi connectivity index (χ0v) is 17.1. The molecule has 0 aliphatic rings. The number of benzene rings is 1. The molecule has 0 unspecified atom stereocenters. The average molecular weight is 393 g/mol. The standard InChI is InChI=1S/C22H27N5O2/c1-16(2)27(3)15-19-8-5-4-7-17(19)14-24-20(28)10-11-21-25-22(26-29-21)18-9-6-12-23-13-18/h4-9,12-13,16H,10-11,14-15H2,1-3H3,(H,24,28). The second-order valence-electron chi connectivity index (χ2n) is 7.31. The fourth-order valence-corrected chi connectivity index (χ4v) is 2.81. The maximum atomic E-state index is 12.3. The van der Waals surface area contributed by atoms with E-state index in [1.165, 1.54) is 5.56 Å². The second kappa shape index (κ2) is 9.93. The Kier molecular flexibility index (Phi) is 7.08.